The van der Waals surface area contributed by atoms with E-state index in [0.29, 0.717) is 48.5 Å². The normalized spacial score (nSPS) is 19.9. The van der Waals surface area contributed by atoms with E-state index in [1.54, 1.807) is 12.1 Å². The van der Waals surface area contributed by atoms with Crippen molar-refractivity contribution in [3.8, 4) is 0 Å². The van der Waals surface area contributed by atoms with Crippen molar-refractivity contribution in [1.82, 2.24) is 5.32 Å². The molecule has 10 heteroatoms. The van der Waals surface area contributed by atoms with Gasteiger partial charge in [0.15, 0.2) is 5.17 Å². The summed E-state index contributed by atoms with van der Waals surface area (Å²) in [5.74, 6) is 0.216. The first-order valence-corrected chi connectivity index (χ1v) is 8.27. The van der Waals surface area contributed by atoms with Crippen LogP contribution in [0, 0.1) is 10.1 Å². The quantitative estimate of drug-likeness (QED) is 0.493. The van der Waals surface area contributed by atoms with Crippen LogP contribution in [0.2, 0.25) is 0 Å². The highest BCUT2D eigenvalue weighted by Gasteiger charge is 2.21. The molecule has 9 nitrogen and oxygen atoms in total. The third kappa shape index (κ3) is 3.89. The maximum Gasteiger partial charge on any atom is 0.293 e. The molecule has 0 aromatic heterocycles. The van der Waals surface area contributed by atoms with Crippen molar-refractivity contribution >= 4 is 40.4 Å². The Morgan fingerprint density at radius 3 is 2.83 bits per heavy atom. The predicted octanol–water partition coefficient (Wildman–Crippen LogP) is 0.984. The number of nitrogens with one attached hydrogen (secondary N) is 1. The lowest BCUT2D eigenvalue weighted by atomic mass is 10.1. The summed E-state index contributed by atoms with van der Waals surface area (Å²) < 4.78 is 5.28. The molecule has 1 aromatic carbocycles. The molecule has 3 rings (SSSR count). The molecule has 0 bridgehead atoms. The average molecular weight is 349 g/mol. The Morgan fingerprint density at radius 1 is 1.38 bits per heavy atom. The first kappa shape index (κ1) is 16.4. The van der Waals surface area contributed by atoms with Crippen molar-refractivity contribution in [2.45, 2.75) is 0 Å². The van der Waals surface area contributed by atoms with Gasteiger partial charge in [-0.3, -0.25) is 14.9 Å². The second-order valence-electron chi connectivity index (χ2n) is 5.09. The Labute approximate surface area is 141 Å². The van der Waals surface area contributed by atoms with Crippen LogP contribution in [0.1, 0.15) is 5.56 Å². The second-order valence-corrected chi connectivity index (χ2v) is 6.06. The lowest BCUT2D eigenvalue weighted by molar-refractivity contribution is -0.384. The van der Waals surface area contributed by atoms with Gasteiger partial charge in [0.25, 0.3) is 5.69 Å². The van der Waals surface area contributed by atoms with Gasteiger partial charge in [0.05, 0.1) is 30.1 Å². The SMILES string of the molecule is O=C1CSC(=NN=Cc2ccc(N3CCOCC3)c([N+](=O)[O-])c2)N1. The number of rotatable bonds is 4. The largest absolute Gasteiger partial charge is 0.378 e. The first-order valence-electron chi connectivity index (χ1n) is 7.28. The maximum absolute atomic E-state index is 11.4. The van der Waals surface area contributed by atoms with Crippen LogP contribution in [0.3, 0.4) is 0 Å². The summed E-state index contributed by atoms with van der Waals surface area (Å²) in [5.41, 5.74) is 1.17. The average Bonchev–Trinajstić information content (AvgIpc) is 3.01. The number of amides is 1. The fourth-order valence-electron chi connectivity index (χ4n) is 2.37. The van der Waals surface area contributed by atoms with Crippen molar-refractivity contribution in [2.75, 3.05) is 37.0 Å². The Bertz CT molecular complexity index is 715. The number of carbonyl (C=O) groups is 1. The number of anilines is 1. The molecule has 2 saturated heterocycles. The lowest BCUT2D eigenvalue weighted by Gasteiger charge is -2.28. The fraction of sp³-hybridized carbons (Fsp3) is 0.357. The number of nitrogens with zero attached hydrogens (tertiary/aromatic N) is 4. The summed E-state index contributed by atoms with van der Waals surface area (Å²) in [4.78, 5) is 23.9. The van der Waals surface area contributed by atoms with Crippen LogP contribution in [0.5, 0.6) is 0 Å². The highest BCUT2D eigenvalue weighted by Crippen LogP contribution is 2.29. The third-order valence-electron chi connectivity index (χ3n) is 3.49. The number of amidine groups is 1. The topological polar surface area (TPSA) is 109 Å². The van der Waals surface area contributed by atoms with Crippen molar-refractivity contribution < 1.29 is 14.5 Å². The molecule has 1 N–H and O–H groups in total. The van der Waals surface area contributed by atoms with Crippen molar-refractivity contribution in [3.05, 3.63) is 33.9 Å². The molecule has 0 radical (unpaired) electrons. The summed E-state index contributed by atoms with van der Waals surface area (Å²) >= 11 is 1.26. The second kappa shape index (κ2) is 7.41. The number of nitro benzene ring substituents is 1. The molecule has 0 saturated carbocycles. The minimum atomic E-state index is -0.402. The van der Waals surface area contributed by atoms with Crippen LogP contribution in [-0.4, -0.2) is 54.3 Å². The van der Waals surface area contributed by atoms with Gasteiger partial charge in [-0.1, -0.05) is 17.8 Å². The molecule has 1 aromatic rings. The molecule has 1 amide bonds. The molecular formula is C14H15N5O4S. The van der Waals surface area contributed by atoms with Crippen LogP contribution in [0.25, 0.3) is 0 Å². The summed E-state index contributed by atoms with van der Waals surface area (Å²) in [6.45, 7) is 2.36. The number of carbonyl (C=O) groups excluding carboxylic acids is 1. The van der Waals surface area contributed by atoms with Gasteiger partial charge in [0.1, 0.15) is 5.69 Å². The van der Waals surface area contributed by atoms with E-state index in [9.17, 15) is 14.9 Å². The summed E-state index contributed by atoms with van der Waals surface area (Å²) in [6, 6.07) is 4.93. The molecule has 2 heterocycles. The zero-order chi connectivity index (χ0) is 16.9. The van der Waals surface area contributed by atoms with Crippen molar-refractivity contribution in [1.29, 1.82) is 0 Å². The number of thioether (sulfide) groups is 1. The minimum Gasteiger partial charge on any atom is -0.378 e. The van der Waals surface area contributed by atoms with Gasteiger partial charge in [-0.2, -0.15) is 5.10 Å². The molecule has 0 aliphatic carbocycles. The van der Waals surface area contributed by atoms with Crippen LogP contribution >= 0.6 is 11.8 Å². The Hall–Kier alpha value is -2.46. The predicted molar refractivity (Wildman–Crippen MR) is 91.8 cm³/mol. The summed E-state index contributed by atoms with van der Waals surface area (Å²) in [6.07, 6.45) is 1.42. The molecule has 2 aliphatic rings. The zero-order valence-electron chi connectivity index (χ0n) is 12.7. The van der Waals surface area contributed by atoms with Gasteiger partial charge < -0.3 is 15.0 Å². The van der Waals surface area contributed by atoms with E-state index in [2.05, 4.69) is 15.5 Å². The van der Waals surface area contributed by atoms with E-state index in [4.69, 9.17) is 4.74 Å². The molecule has 126 valence electrons. The lowest BCUT2D eigenvalue weighted by Crippen LogP contribution is -2.36. The highest BCUT2D eigenvalue weighted by atomic mass is 32.2. The van der Waals surface area contributed by atoms with Crippen molar-refractivity contribution in [3.63, 3.8) is 0 Å². The third-order valence-corrected chi connectivity index (χ3v) is 4.35. The molecule has 2 fully saturated rings. The Morgan fingerprint density at radius 2 is 2.17 bits per heavy atom. The van der Waals surface area contributed by atoms with Gasteiger partial charge in [-0.25, -0.2) is 0 Å². The number of benzene rings is 1. The molecule has 0 spiro atoms. The summed E-state index contributed by atoms with van der Waals surface area (Å²) in [7, 11) is 0. The maximum atomic E-state index is 11.4. The number of morpholine rings is 1. The van der Waals surface area contributed by atoms with E-state index in [1.807, 2.05) is 4.90 Å². The van der Waals surface area contributed by atoms with E-state index in [-0.39, 0.29) is 11.6 Å². The monoisotopic (exact) mass is 349 g/mol. The van der Waals surface area contributed by atoms with Gasteiger partial charge in [-0.05, 0) is 6.07 Å². The number of nitro groups is 1. The molecule has 2 aliphatic heterocycles. The Kier molecular flexibility index (Phi) is 5.06. The number of ether oxygens (including phenoxy) is 1. The van der Waals surface area contributed by atoms with E-state index < -0.39 is 4.92 Å². The number of hydrogen-bond acceptors (Lipinski definition) is 8. The minimum absolute atomic E-state index is 0.0250. The first-order chi connectivity index (χ1) is 11.6. The molecule has 0 unspecified atom stereocenters. The van der Waals surface area contributed by atoms with Crippen LogP contribution in [0.15, 0.2) is 28.4 Å². The molecule has 0 atom stereocenters. The van der Waals surface area contributed by atoms with E-state index >= 15 is 0 Å². The fourth-order valence-corrected chi connectivity index (χ4v) is 3.00. The zero-order valence-corrected chi connectivity index (χ0v) is 13.5. The van der Waals surface area contributed by atoms with Gasteiger partial charge >= 0.3 is 0 Å². The van der Waals surface area contributed by atoms with Crippen molar-refractivity contribution in [2.24, 2.45) is 10.2 Å². The van der Waals surface area contributed by atoms with Gasteiger partial charge in [-0.15, -0.1) is 5.10 Å². The molecule has 24 heavy (non-hydrogen) atoms. The standard InChI is InChI=1S/C14H15N5O4S/c20-13-9-24-14(16-13)17-15-8-10-1-2-11(12(7-10)19(21)22)18-3-5-23-6-4-18/h1-2,7-8H,3-6,9H2,(H,16,17,20). The smallest absolute Gasteiger partial charge is 0.293 e. The molecular weight excluding hydrogens is 334 g/mol. The van der Waals surface area contributed by atoms with Gasteiger partial charge in [0.2, 0.25) is 5.91 Å². The van der Waals surface area contributed by atoms with E-state index in [0.717, 1.165) is 0 Å². The Balaban J connectivity index is 1.78. The summed E-state index contributed by atoms with van der Waals surface area (Å²) in [5, 5.41) is 22.1. The highest BCUT2D eigenvalue weighted by molar-refractivity contribution is 8.15. The van der Waals surface area contributed by atoms with Crippen LogP contribution in [-0.2, 0) is 9.53 Å². The van der Waals surface area contributed by atoms with Crippen LogP contribution < -0.4 is 10.2 Å². The van der Waals surface area contributed by atoms with E-state index in [1.165, 1.54) is 24.0 Å². The van der Waals surface area contributed by atoms with Crippen LogP contribution in [0.4, 0.5) is 11.4 Å². The number of hydrogen-bond donors (Lipinski definition) is 1. The van der Waals surface area contributed by atoms with Gasteiger partial charge in [0, 0.05) is 24.7 Å².